The molecule has 0 radical (unpaired) electrons. The fraction of sp³-hybridized carbons (Fsp3) is 0.0323. The molecule has 6 nitrogen and oxygen atoms in total. The quantitative estimate of drug-likeness (QED) is 0.141. The second-order valence-corrected chi connectivity index (χ2v) is 8.11. The molecule has 0 bridgehead atoms. The Morgan fingerprint density at radius 1 is 0.784 bits per heavy atom. The van der Waals surface area contributed by atoms with Gasteiger partial charge >= 0.3 is 5.97 Å². The standard InChI is InChI=1S/C31H22O6/c1-34-24-12-7-21(8-13-24)9-18-30(32)37-26-16-17-27-28(19-26)35-20-29(31(27)33)36-25-14-10-23(11-15-25)22-5-3-2-4-6-22/h2-20H,1H3/b18-9+. The van der Waals surface area contributed by atoms with Crippen molar-refractivity contribution >= 4 is 23.0 Å². The van der Waals surface area contributed by atoms with Gasteiger partial charge in [-0.05, 0) is 59.2 Å². The van der Waals surface area contributed by atoms with Crippen molar-refractivity contribution in [2.24, 2.45) is 0 Å². The lowest BCUT2D eigenvalue weighted by Crippen LogP contribution is -2.06. The topological polar surface area (TPSA) is 75.0 Å². The Balaban J connectivity index is 1.28. The summed E-state index contributed by atoms with van der Waals surface area (Å²) in [6, 6.07) is 29.2. The van der Waals surface area contributed by atoms with Gasteiger partial charge in [0.1, 0.15) is 29.1 Å². The molecule has 182 valence electrons. The molecule has 0 aliphatic heterocycles. The van der Waals surface area contributed by atoms with Crippen LogP contribution >= 0.6 is 0 Å². The molecule has 1 aromatic heterocycles. The lowest BCUT2D eigenvalue weighted by Gasteiger charge is -2.08. The Labute approximate surface area is 213 Å². The van der Waals surface area contributed by atoms with Gasteiger partial charge in [-0.3, -0.25) is 4.79 Å². The molecule has 0 saturated carbocycles. The first-order chi connectivity index (χ1) is 18.1. The molecule has 5 rings (SSSR count). The first kappa shape index (κ1) is 23.6. The summed E-state index contributed by atoms with van der Waals surface area (Å²) in [6.07, 6.45) is 4.21. The number of ether oxygens (including phenoxy) is 3. The number of rotatable bonds is 7. The molecule has 0 amide bonds. The zero-order chi connectivity index (χ0) is 25.6. The Morgan fingerprint density at radius 3 is 2.19 bits per heavy atom. The molecule has 0 unspecified atom stereocenters. The van der Waals surface area contributed by atoms with Crippen LogP contribution in [0.5, 0.6) is 23.0 Å². The van der Waals surface area contributed by atoms with E-state index < -0.39 is 5.97 Å². The van der Waals surface area contributed by atoms with Crippen molar-refractivity contribution in [2.75, 3.05) is 7.11 Å². The number of carbonyl (C=O) groups excluding carboxylic acids is 1. The minimum Gasteiger partial charge on any atom is -0.497 e. The predicted octanol–water partition coefficient (Wildman–Crippen LogP) is 6.88. The van der Waals surface area contributed by atoms with E-state index in [9.17, 15) is 9.59 Å². The van der Waals surface area contributed by atoms with Gasteiger partial charge in [-0.1, -0.05) is 54.6 Å². The molecular formula is C31H22O6. The van der Waals surface area contributed by atoms with Crippen molar-refractivity contribution in [2.45, 2.75) is 0 Å². The smallest absolute Gasteiger partial charge is 0.336 e. The first-order valence-corrected chi connectivity index (χ1v) is 11.5. The third-order valence-electron chi connectivity index (χ3n) is 5.65. The van der Waals surface area contributed by atoms with Crippen LogP contribution in [-0.4, -0.2) is 13.1 Å². The highest BCUT2D eigenvalue weighted by molar-refractivity contribution is 5.89. The van der Waals surface area contributed by atoms with Gasteiger partial charge in [-0.15, -0.1) is 0 Å². The van der Waals surface area contributed by atoms with Crippen LogP contribution in [0, 0.1) is 0 Å². The number of fused-ring (bicyclic) bond motifs is 1. The molecule has 0 spiro atoms. The molecule has 4 aromatic carbocycles. The molecule has 0 aliphatic carbocycles. The van der Waals surface area contributed by atoms with Crippen LogP contribution in [0.2, 0.25) is 0 Å². The largest absolute Gasteiger partial charge is 0.497 e. The maximum Gasteiger partial charge on any atom is 0.336 e. The van der Waals surface area contributed by atoms with E-state index in [1.165, 1.54) is 24.5 Å². The number of benzene rings is 4. The van der Waals surface area contributed by atoms with E-state index in [1.807, 2.05) is 54.6 Å². The molecule has 0 fully saturated rings. The van der Waals surface area contributed by atoms with Gasteiger partial charge in [0, 0.05) is 12.1 Å². The monoisotopic (exact) mass is 490 g/mol. The lowest BCUT2D eigenvalue weighted by molar-refractivity contribution is -0.128. The van der Waals surface area contributed by atoms with E-state index in [1.54, 1.807) is 43.5 Å². The molecule has 5 aromatic rings. The Bertz CT molecular complexity index is 1620. The van der Waals surface area contributed by atoms with Crippen LogP contribution in [-0.2, 0) is 4.79 Å². The summed E-state index contributed by atoms with van der Waals surface area (Å²) in [6.45, 7) is 0. The van der Waals surface area contributed by atoms with Crippen molar-refractivity contribution in [1.82, 2.24) is 0 Å². The summed E-state index contributed by atoms with van der Waals surface area (Å²) < 4.78 is 21.9. The normalized spacial score (nSPS) is 10.9. The van der Waals surface area contributed by atoms with Crippen molar-refractivity contribution in [3.8, 4) is 34.1 Å². The summed E-state index contributed by atoms with van der Waals surface area (Å²) in [5.41, 5.74) is 2.91. The summed E-state index contributed by atoms with van der Waals surface area (Å²) in [4.78, 5) is 25.2. The fourth-order valence-corrected chi connectivity index (χ4v) is 3.73. The predicted molar refractivity (Wildman–Crippen MR) is 142 cm³/mol. The third-order valence-corrected chi connectivity index (χ3v) is 5.65. The minimum atomic E-state index is -0.559. The zero-order valence-corrected chi connectivity index (χ0v) is 19.9. The SMILES string of the molecule is COc1ccc(/C=C/C(=O)Oc2ccc3c(=O)c(Oc4ccc(-c5ccccc5)cc4)coc3c2)cc1. The van der Waals surface area contributed by atoms with Crippen LogP contribution in [0.3, 0.4) is 0 Å². The van der Waals surface area contributed by atoms with Crippen LogP contribution in [0.1, 0.15) is 5.56 Å². The Kier molecular flexibility index (Phi) is 6.81. The van der Waals surface area contributed by atoms with Gasteiger partial charge in [0.2, 0.25) is 11.2 Å². The number of hydrogen-bond acceptors (Lipinski definition) is 6. The van der Waals surface area contributed by atoms with Gasteiger partial charge in [0.25, 0.3) is 0 Å². The summed E-state index contributed by atoms with van der Waals surface area (Å²) in [5, 5.41) is 0.312. The molecule has 0 atom stereocenters. The Morgan fingerprint density at radius 2 is 1.46 bits per heavy atom. The summed E-state index contributed by atoms with van der Waals surface area (Å²) in [5.74, 6) is 1.00. The molecule has 0 saturated heterocycles. The number of carbonyl (C=O) groups is 1. The molecule has 1 heterocycles. The maximum absolute atomic E-state index is 12.9. The van der Waals surface area contributed by atoms with Gasteiger partial charge in [-0.2, -0.15) is 0 Å². The highest BCUT2D eigenvalue weighted by atomic mass is 16.5. The molecular weight excluding hydrogens is 468 g/mol. The average molecular weight is 491 g/mol. The minimum absolute atomic E-state index is 0.0622. The molecule has 37 heavy (non-hydrogen) atoms. The van der Waals surface area contributed by atoms with Gasteiger partial charge in [-0.25, -0.2) is 4.79 Å². The second kappa shape index (κ2) is 10.7. The maximum atomic E-state index is 12.9. The molecule has 0 N–H and O–H groups in total. The summed E-state index contributed by atoms with van der Waals surface area (Å²) in [7, 11) is 1.59. The third kappa shape index (κ3) is 5.60. The summed E-state index contributed by atoms with van der Waals surface area (Å²) >= 11 is 0. The van der Waals surface area contributed by atoms with E-state index in [-0.39, 0.29) is 22.5 Å². The van der Waals surface area contributed by atoms with E-state index in [4.69, 9.17) is 18.6 Å². The van der Waals surface area contributed by atoms with E-state index >= 15 is 0 Å². The van der Waals surface area contributed by atoms with E-state index in [0.717, 1.165) is 22.4 Å². The molecule has 6 heteroatoms. The van der Waals surface area contributed by atoms with Crippen LogP contribution in [0.25, 0.3) is 28.2 Å². The van der Waals surface area contributed by atoms with Gasteiger partial charge in [0.05, 0.1) is 12.5 Å². The first-order valence-electron chi connectivity index (χ1n) is 11.5. The zero-order valence-electron chi connectivity index (χ0n) is 19.9. The second-order valence-electron chi connectivity index (χ2n) is 8.11. The number of methoxy groups -OCH3 is 1. The van der Waals surface area contributed by atoms with Crippen LogP contribution in [0.4, 0.5) is 0 Å². The van der Waals surface area contributed by atoms with Gasteiger partial charge in [0.15, 0.2) is 0 Å². The average Bonchev–Trinajstić information content (AvgIpc) is 2.94. The highest BCUT2D eigenvalue weighted by Crippen LogP contribution is 2.27. The molecule has 0 aliphatic rings. The van der Waals surface area contributed by atoms with Crippen molar-refractivity contribution in [3.05, 3.63) is 125 Å². The van der Waals surface area contributed by atoms with Crippen molar-refractivity contribution in [1.29, 1.82) is 0 Å². The van der Waals surface area contributed by atoms with Crippen LogP contribution in [0.15, 0.2) is 119 Å². The van der Waals surface area contributed by atoms with Crippen molar-refractivity contribution in [3.63, 3.8) is 0 Å². The number of hydrogen-bond donors (Lipinski definition) is 0. The lowest BCUT2D eigenvalue weighted by atomic mass is 10.1. The van der Waals surface area contributed by atoms with Crippen LogP contribution < -0.4 is 19.6 Å². The highest BCUT2D eigenvalue weighted by Gasteiger charge is 2.11. The van der Waals surface area contributed by atoms with E-state index in [2.05, 4.69) is 0 Å². The Hall–Kier alpha value is -5.10. The van der Waals surface area contributed by atoms with E-state index in [0.29, 0.717) is 11.1 Å². The fourth-order valence-electron chi connectivity index (χ4n) is 3.73. The van der Waals surface area contributed by atoms with Crippen molar-refractivity contribution < 1.29 is 23.4 Å². The number of esters is 1. The van der Waals surface area contributed by atoms with Gasteiger partial charge < -0.3 is 18.6 Å².